The predicted octanol–water partition coefficient (Wildman–Crippen LogP) is 3.00. The van der Waals surface area contributed by atoms with Gasteiger partial charge in [0.15, 0.2) is 5.82 Å². The molecule has 0 aliphatic rings. The number of alkyl halides is 4. The van der Waals surface area contributed by atoms with Crippen LogP contribution in [0.1, 0.15) is 5.56 Å². The van der Waals surface area contributed by atoms with Gasteiger partial charge in [-0.3, -0.25) is 0 Å². The van der Waals surface area contributed by atoms with E-state index in [9.17, 15) is 22.0 Å². The van der Waals surface area contributed by atoms with E-state index in [1.54, 1.807) is 0 Å². The molecule has 1 aromatic rings. The summed E-state index contributed by atoms with van der Waals surface area (Å²) in [5.74, 6) is -3.60. The van der Waals surface area contributed by atoms with Crippen LogP contribution in [0.3, 0.4) is 0 Å². The van der Waals surface area contributed by atoms with E-state index in [2.05, 4.69) is 5.32 Å². The van der Waals surface area contributed by atoms with E-state index in [0.717, 1.165) is 6.07 Å². The third-order valence-electron chi connectivity index (χ3n) is 2.08. The van der Waals surface area contributed by atoms with E-state index in [1.807, 2.05) is 0 Å². The minimum absolute atomic E-state index is 0.165. The normalized spacial score (nSPS) is 13.5. The molecule has 1 unspecified atom stereocenters. The lowest BCUT2D eigenvalue weighted by atomic mass is 10.1. The topological polar surface area (TPSA) is 32.3 Å². The lowest BCUT2D eigenvalue weighted by molar-refractivity contribution is -0.142. The first kappa shape index (κ1) is 15.0. The Kier molecular flexibility index (Phi) is 4.75. The molecule has 0 heterocycles. The highest BCUT2D eigenvalue weighted by Gasteiger charge is 2.38. The molecule has 8 heteroatoms. The Morgan fingerprint density at radius 2 is 1.89 bits per heavy atom. The van der Waals surface area contributed by atoms with Gasteiger partial charge >= 0.3 is 6.18 Å². The highest BCUT2D eigenvalue weighted by Crippen LogP contribution is 2.35. The zero-order valence-electron chi connectivity index (χ0n) is 8.86. The van der Waals surface area contributed by atoms with Crippen LogP contribution in [0.4, 0.5) is 27.6 Å². The van der Waals surface area contributed by atoms with Crippen molar-refractivity contribution in [3.05, 3.63) is 29.3 Å². The van der Waals surface area contributed by atoms with Gasteiger partial charge in [-0.05, 0) is 12.1 Å². The average molecular weight is 290 g/mol. The van der Waals surface area contributed by atoms with Crippen LogP contribution >= 0.6 is 11.6 Å². The first-order valence-electron chi connectivity index (χ1n) is 4.80. The first-order chi connectivity index (χ1) is 8.27. The third-order valence-corrected chi connectivity index (χ3v) is 2.44. The summed E-state index contributed by atoms with van der Waals surface area (Å²) >= 11 is 5.26. The van der Waals surface area contributed by atoms with Crippen molar-refractivity contribution in [2.75, 3.05) is 17.7 Å². The van der Waals surface area contributed by atoms with Gasteiger partial charge in [0.2, 0.25) is 0 Å². The van der Waals surface area contributed by atoms with Gasteiger partial charge in [-0.25, -0.2) is 8.78 Å². The molecule has 0 bridgehead atoms. The monoisotopic (exact) mass is 289 g/mol. The van der Waals surface area contributed by atoms with Crippen molar-refractivity contribution >= 4 is 17.3 Å². The summed E-state index contributed by atoms with van der Waals surface area (Å²) in [6, 6.07) is 1.32. The molecule has 0 saturated heterocycles. The summed E-state index contributed by atoms with van der Waals surface area (Å²) in [5, 5.41) is 11.3. The number of anilines is 1. The molecule has 0 aliphatic carbocycles. The Bertz CT molecular complexity index is 423. The van der Waals surface area contributed by atoms with Crippen LogP contribution < -0.4 is 5.32 Å². The van der Waals surface area contributed by atoms with Crippen molar-refractivity contribution in [1.82, 2.24) is 0 Å². The molecule has 0 radical (unpaired) electrons. The van der Waals surface area contributed by atoms with Gasteiger partial charge < -0.3 is 10.4 Å². The fourth-order valence-electron chi connectivity index (χ4n) is 1.23. The second-order valence-corrected chi connectivity index (χ2v) is 3.78. The lowest BCUT2D eigenvalue weighted by Crippen LogP contribution is -2.22. The van der Waals surface area contributed by atoms with E-state index >= 15 is 0 Å². The summed E-state index contributed by atoms with van der Waals surface area (Å²) in [7, 11) is 0. The zero-order chi connectivity index (χ0) is 13.9. The van der Waals surface area contributed by atoms with E-state index in [1.165, 1.54) is 0 Å². The van der Waals surface area contributed by atoms with Gasteiger partial charge in [-0.2, -0.15) is 13.2 Å². The molecule has 0 spiro atoms. The highest BCUT2D eigenvalue weighted by molar-refractivity contribution is 6.18. The number of hydrogen-bond acceptors (Lipinski definition) is 2. The minimum atomic E-state index is -5.13. The number of hydrogen-bond donors (Lipinski definition) is 2. The Morgan fingerprint density at radius 1 is 1.28 bits per heavy atom. The van der Waals surface area contributed by atoms with Crippen LogP contribution in [0.25, 0.3) is 0 Å². The van der Waals surface area contributed by atoms with Crippen LogP contribution in [0.15, 0.2) is 12.1 Å². The van der Waals surface area contributed by atoms with Gasteiger partial charge in [0.05, 0.1) is 17.7 Å². The van der Waals surface area contributed by atoms with Crippen molar-refractivity contribution in [1.29, 1.82) is 0 Å². The summed E-state index contributed by atoms with van der Waals surface area (Å²) in [4.78, 5) is 0. The molecule has 2 nitrogen and oxygen atoms in total. The van der Waals surface area contributed by atoms with E-state index in [0.29, 0.717) is 6.07 Å². The zero-order valence-corrected chi connectivity index (χ0v) is 9.62. The molecule has 0 aromatic heterocycles. The molecule has 0 saturated carbocycles. The van der Waals surface area contributed by atoms with E-state index in [-0.39, 0.29) is 12.4 Å². The van der Waals surface area contributed by atoms with Crippen LogP contribution in [0.5, 0.6) is 0 Å². The number of benzene rings is 1. The fourth-order valence-corrected chi connectivity index (χ4v) is 1.34. The molecule has 102 valence electrons. The summed E-state index contributed by atoms with van der Waals surface area (Å²) < 4.78 is 63.5. The summed E-state index contributed by atoms with van der Waals surface area (Å²) in [6.45, 7) is -0.247. The van der Waals surface area contributed by atoms with Gasteiger partial charge in [0.1, 0.15) is 11.4 Å². The number of halogens is 6. The van der Waals surface area contributed by atoms with Gasteiger partial charge in [0.25, 0.3) is 0 Å². The molecule has 0 fully saturated rings. The van der Waals surface area contributed by atoms with Crippen molar-refractivity contribution in [3.63, 3.8) is 0 Å². The summed E-state index contributed by atoms with van der Waals surface area (Å²) in [6.07, 6.45) is -6.18. The van der Waals surface area contributed by atoms with Crippen molar-refractivity contribution in [3.8, 4) is 0 Å². The summed E-state index contributed by atoms with van der Waals surface area (Å²) in [5.41, 5.74) is -2.51. The lowest BCUT2D eigenvalue weighted by Gasteiger charge is -2.15. The molecule has 1 aromatic carbocycles. The SMILES string of the molecule is OC(CCl)CNc1ccc(F)c(C(F)(F)F)c1F. The molecular weight excluding hydrogens is 281 g/mol. The maximum Gasteiger partial charge on any atom is 0.422 e. The Hall–Kier alpha value is -1.08. The maximum atomic E-state index is 13.4. The van der Waals surface area contributed by atoms with Gasteiger partial charge in [-0.1, -0.05) is 0 Å². The van der Waals surface area contributed by atoms with Gasteiger partial charge in [-0.15, -0.1) is 11.6 Å². The highest BCUT2D eigenvalue weighted by atomic mass is 35.5. The van der Waals surface area contributed by atoms with Crippen molar-refractivity contribution in [2.24, 2.45) is 0 Å². The fraction of sp³-hybridized carbons (Fsp3) is 0.400. The van der Waals surface area contributed by atoms with Crippen LogP contribution in [0.2, 0.25) is 0 Å². The van der Waals surface area contributed by atoms with Crippen LogP contribution in [-0.2, 0) is 6.18 Å². The number of nitrogens with one attached hydrogen (secondary N) is 1. The molecule has 0 aliphatic heterocycles. The van der Waals surface area contributed by atoms with Gasteiger partial charge in [0, 0.05) is 6.54 Å². The third kappa shape index (κ3) is 3.46. The molecular formula is C10H9ClF5NO. The number of aliphatic hydroxyl groups is 1. The van der Waals surface area contributed by atoms with Crippen LogP contribution in [-0.4, -0.2) is 23.6 Å². The number of rotatable bonds is 4. The Balaban J connectivity index is 3.02. The van der Waals surface area contributed by atoms with E-state index in [4.69, 9.17) is 16.7 Å². The second kappa shape index (κ2) is 5.71. The molecule has 1 rings (SSSR count). The van der Waals surface area contributed by atoms with Crippen LogP contribution in [0, 0.1) is 11.6 Å². The van der Waals surface area contributed by atoms with Crippen molar-refractivity contribution in [2.45, 2.75) is 12.3 Å². The maximum absolute atomic E-state index is 13.4. The minimum Gasteiger partial charge on any atom is -0.390 e. The molecule has 0 amide bonds. The molecule has 1 atom stereocenters. The van der Waals surface area contributed by atoms with Crippen molar-refractivity contribution < 1.29 is 27.1 Å². The first-order valence-corrected chi connectivity index (χ1v) is 5.34. The largest absolute Gasteiger partial charge is 0.422 e. The standard InChI is InChI=1S/C10H9ClF5NO/c11-3-5(18)4-17-7-2-1-6(12)8(9(7)13)10(14,15)16/h1-2,5,17-18H,3-4H2. The average Bonchev–Trinajstić information content (AvgIpc) is 2.25. The Morgan fingerprint density at radius 3 is 2.39 bits per heavy atom. The predicted molar refractivity (Wildman–Crippen MR) is 56.6 cm³/mol. The smallest absolute Gasteiger partial charge is 0.390 e. The second-order valence-electron chi connectivity index (χ2n) is 3.47. The number of aliphatic hydroxyl groups excluding tert-OH is 1. The molecule has 2 N–H and O–H groups in total. The van der Waals surface area contributed by atoms with E-state index < -0.39 is 35.2 Å². The Labute approximate surface area is 104 Å². The quantitative estimate of drug-likeness (QED) is 0.660. The molecule has 18 heavy (non-hydrogen) atoms.